The summed E-state index contributed by atoms with van der Waals surface area (Å²) in [4.78, 5) is 30.0. The van der Waals surface area contributed by atoms with Crippen LogP contribution in [0.3, 0.4) is 0 Å². The summed E-state index contributed by atoms with van der Waals surface area (Å²) < 4.78 is 0. The number of nitrogens with zero attached hydrogens (tertiary/aromatic N) is 2. The first-order valence-electron chi connectivity index (χ1n) is 8.23. The number of aromatic nitrogens is 1. The first-order valence-corrected chi connectivity index (χ1v) is 8.23. The van der Waals surface area contributed by atoms with Gasteiger partial charge in [0.05, 0.1) is 11.8 Å². The highest BCUT2D eigenvalue weighted by Crippen LogP contribution is 2.32. The molecule has 0 spiro atoms. The molecule has 0 aromatic carbocycles. The fourth-order valence-corrected chi connectivity index (χ4v) is 3.21. The van der Waals surface area contributed by atoms with Crippen LogP contribution >= 0.6 is 0 Å². The van der Waals surface area contributed by atoms with Crippen LogP contribution in [0.5, 0.6) is 0 Å². The van der Waals surface area contributed by atoms with E-state index >= 15 is 0 Å². The van der Waals surface area contributed by atoms with Crippen LogP contribution in [0.15, 0.2) is 24.5 Å². The Hall–Kier alpha value is -1.95. The third-order valence-electron chi connectivity index (χ3n) is 4.65. The lowest BCUT2D eigenvalue weighted by atomic mass is 9.88. The minimum Gasteiger partial charge on any atom is -0.481 e. The first-order chi connectivity index (χ1) is 11.1. The van der Waals surface area contributed by atoms with Crippen molar-refractivity contribution in [3.05, 3.63) is 30.1 Å². The topological polar surface area (TPSA) is 82.5 Å². The Morgan fingerprint density at radius 2 is 2.09 bits per heavy atom. The van der Waals surface area contributed by atoms with Crippen LogP contribution in [-0.4, -0.2) is 46.5 Å². The number of piperidine rings is 1. The molecule has 6 heteroatoms. The van der Waals surface area contributed by atoms with Crippen molar-refractivity contribution in [3.8, 4) is 0 Å². The van der Waals surface area contributed by atoms with Gasteiger partial charge in [0, 0.05) is 38.6 Å². The smallest absolute Gasteiger partial charge is 0.307 e. The fourth-order valence-electron chi connectivity index (χ4n) is 3.21. The van der Waals surface area contributed by atoms with Crippen LogP contribution in [0.4, 0.5) is 0 Å². The predicted octanol–water partition coefficient (Wildman–Crippen LogP) is 1.13. The molecule has 2 aliphatic rings. The number of nitrogens with one attached hydrogen (secondary N) is 1. The van der Waals surface area contributed by atoms with Crippen molar-refractivity contribution in [2.24, 2.45) is 17.8 Å². The molecule has 3 rings (SSSR count). The fraction of sp³-hybridized carbons (Fsp3) is 0.588. The molecule has 0 bridgehead atoms. The van der Waals surface area contributed by atoms with Crippen molar-refractivity contribution in [2.75, 3.05) is 19.6 Å². The Kier molecular flexibility index (Phi) is 4.91. The second kappa shape index (κ2) is 7.08. The van der Waals surface area contributed by atoms with Gasteiger partial charge in [-0.25, -0.2) is 0 Å². The normalized spacial score (nSPS) is 25.0. The molecule has 0 unspecified atom stereocenters. The number of likely N-dealkylation sites (tertiary alicyclic amines) is 1. The number of carbonyl (C=O) groups excluding carboxylic acids is 1. The Bertz CT molecular complexity index is 559. The van der Waals surface area contributed by atoms with Crippen LogP contribution < -0.4 is 5.32 Å². The van der Waals surface area contributed by atoms with Gasteiger partial charge >= 0.3 is 5.97 Å². The molecule has 1 saturated carbocycles. The summed E-state index contributed by atoms with van der Waals surface area (Å²) in [5, 5.41) is 12.3. The average molecular weight is 317 g/mol. The quantitative estimate of drug-likeness (QED) is 0.822. The van der Waals surface area contributed by atoms with E-state index in [0.29, 0.717) is 32.0 Å². The molecule has 2 N–H and O–H groups in total. The minimum absolute atomic E-state index is 0.0550. The molecule has 2 fully saturated rings. The van der Waals surface area contributed by atoms with Crippen molar-refractivity contribution in [3.63, 3.8) is 0 Å². The van der Waals surface area contributed by atoms with E-state index in [0.717, 1.165) is 12.1 Å². The zero-order valence-electron chi connectivity index (χ0n) is 13.1. The SMILES string of the molecule is O=C(O)[C@H]1C[C@@H](C(=O)NCc2cccnc2)CN(CC2CC2)C1. The molecule has 2 atom stereocenters. The maximum Gasteiger partial charge on any atom is 0.307 e. The molecule has 0 radical (unpaired) electrons. The summed E-state index contributed by atoms with van der Waals surface area (Å²) in [5.41, 5.74) is 0.946. The summed E-state index contributed by atoms with van der Waals surface area (Å²) in [6.07, 6.45) is 6.30. The number of hydrogen-bond donors (Lipinski definition) is 2. The number of carboxylic acids is 1. The molecule has 1 amide bonds. The number of rotatable bonds is 6. The van der Waals surface area contributed by atoms with Crippen LogP contribution in [0.2, 0.25) is 0 Å². The molecule has 1 aromatic rings. The van der Waals surface area contributed by atoms with Gasteiger partial charge in [0.2, 0.25) is 5.91 Å². The van der Waals surface area contributed by atoms with Crippen molar-refractivity contribution in [1.82, 2.24) is 15.2 Å². The number of pyridine rings is 1. The highest BCUT2D eigenvalue weighted by molar-refractivity contribution is 5.80. The van der Waals surface area contributed by atoms with Gasteiger partial charge in [0.25, 0.3) is 0 Å². The second-order valence-electron chi connectivity index (χ2n) is 6.71. The van der Waals surface area contributed by atoms with Gasteiger partial charge in [0.1, 0.15) is 0 Å². The summed E-state index contributed by atoms with van der Waals surface area (Å²) in [7, 11) is 0. The molecule has 23 heavy (non-hydrogen) atoms. The van der Waals surface area contributed by atoms with Crippen LogP contribution in [0.1, 0.15) is 24.8 Å². The zero-order valence-corrected chi connectivity index (χ0v) is 13.1. The van der Waals surface area contributed by atoms with E-state index in [2.05, 4.69) is 15.2 Å². The summed E-state index contributed by atoms with van der Waals surface area (Å²) in [5.74, 6) is -0.852. The maximum absolute atomic E-state index is 12.4. The van der Waals surface area contributed by atoms with Crippen molar-refractivity contribution in [2.45, 2.75) is 25.8 Å². The Morgan fingerprint density at radius 1 is 1.30 bits per heavy atom. The van der Waals surface area contributed by atoms with Crippen LogP contribution in [0.25, 0.3) is 0 Å². The first kappa shape index (κ1) is 15.9. The summed E-state index contributed by atoms with van der Waals surface area (Å²) in [6.45, 7) is 2.59. The largest absolute Gasteiger partial charge is 0.481 e. The van der Waals surface area contributed by atoms with E-state index in [1.54, 1.807) is 12.4 Å². The number of carboxylic acid groups (broad SMARTS) is 1. The van der Waals surface area contributed by atoms with E-state index in [4.69, 9.17) is 0 Å². The minimum atomic E-state index is -0.796. The van der Waals surface area contributed by atoms with E-state index in [1.165, 1.54) is 12.8 Å². The van der Waals surface area contributed by atoms with Crippen molar-refractivity contribution < 1.29 is 14.7 Å². The predicted molar refractivity (Wildman–Crippen MR) is 84.5 cm³/mol. The highest BCUT2D eigenvalue weighted by Gasteiger charge is 2.36. The van der Waals surface area contributed by atoms with Gasteiger partial charge in [-0.15, -0.1) is 0 Å². The maximum atomic E-state index is 12.4. The van der Waals surface area contributed by atoms with Gasteiger partial charge in [0.15, 0.2) is 0 Å². The van der Waals surface area contributed by atoms with Gasteiger partial charge in [-0.2, -0.15) is 0 Å². The molecular formula is C17H23N3O3. The zero-order chi connectivity index (χ0) is 16.2. The van der Waals surface area contributed by atoms with Gasteiger partial charge in [-0.1, -0.05) is 6.07 Å². The number of carbonyl (C=O) groups is 2. The van der Waals surface area contributed by atoms with Crippen molar-refractivity contribution in [1.29, 1.82) is 0 Å². The molecular weight excluding hydrogens is 294 g/mol. The molecule has 124 valence electrons. The molecule has 1 aliphatic carbocycles. The van der Waals surface area contributed by atoms with Gasteiger partial charge in [-0.05, 0) is 36.8 Å². The molecule has 1 saturated heterocycles. The molecule has 2 heterocycles. The number of amides is 1. The highest BCUT2D eigenvalue weighted by atomic mass is 16.4. The Balaban J connectivity index is 1.57. The van der Waals surface area contributed by atoms with E-state index in [1.807, 2.05) is 12.1 Å². The number of hydrogen-bond acceptors (Lipinski definition) is 4. The summed E-state index contributed by atoms with van der Waals surface area (Å²) in [6, 6.07) is 3.74. The van der Waals surface area contributed by atoms with E-state index < -0.39 is 11.9 Å². The molecule has 1 aliphatic heterocycles. The lowest BCUT2D eigenvalue weighted by molar-refractivity contribution is -0.145. The van der Waals surface area contributed by atoms with E-state index in [-0.39, 0.29) is 11.8 Å². The Morgan fingerprint density at radius 3 is 2.74 bits per heavy atom. The lowest BCUT2D eigenvalue weighted by Gasteiger charge is -2.35. The molecule has 6 nitrogen and oxygen atoms in total. The lowest BCUT2D eigenvalue weighted by Crippen LogP contribution is -2.48. The molecule has 1 aromatic heterocycles. The number of aliphatic carboxylic acids is 1. The van der Waals surface area contributed by atoms with Gasteiger partial charge in [-0.3, -0.25) is 14.6 Å². The standard InChI is InChI=1S/C17H23N3O3/c21-16(19-8-13-2-1-5-18-7-13)14-6-15(17(22)23)11-20(10-14)9-12-3-4-12/h1-2,5,7,12,14-15H,3-4,6,8-11H2,(H,19,21)(H,22,23)/t14-,15+/m1/s1. The third kappa shape index (κ3) is 4.51. The van der Waals surface area contributed by atoms with Crippen LogP contribution in [-0.2, 0) is 16.1 Å². The third-order valence-corrected chi connectivity index (χ3v) is 4.65. The van der Waals surface area contributed by atoms with E-state index in [9.17, 15) is 14.7 Å². The monoisotopic (exact) mass is 317 g/mol. The Labute approximate surface area is 135 Å². The van der Waals surface area contributed by atoms with Crippen molar-refractivity contribution >= 4 is 11.9 Å². The van der Waals surface area contributed by atoms with Gasteiger partial charge < -0.3 is 15.3 Å². The second-order valence-corrected chi connectivity index (χ2v) is 6.71. The summed E-state index contributed by atoms with van der Waals surface area (Å²) >= 11 is 0. The average Bonchev–Trinajstić information content (AvgIpc) is 3.37. The van der Waals surface area contributed by atoms with Crippen LogP contribution in [0, 0.1) is 17.8 Å².